The van der Waals surface area contributed by atoms with Crippen LogP contribution in [-0.2, 0) is 14.8 Å². The first-order valence-corrected chi connectivity index (χ1v) is 10.8. The third-order valence-corrected chi connectivity index (χ3v) is 6.93. The Kier molecular flexibility index (Phi) is 4.80. The molecule has 12 heteroatoms. The van der Waals surface area contributed by atoms with Gasteiger partial charge in [0.25, 0.3) is 15.9 Å². The molecule has 3 aromatic rings. The minimum absolute atomic E-state index is 0.0134. The van der Waals surface area contributed by atoms with Gasteiger partial charge in [0.1, 0.15) is 4.90 Å². The van der Waals surface area contributed by atoms with Crippen molar-refractivity contribution in [2.24, 2.45) is 0 Å². The number of carbonyl (C=O) groups is 2. The van der Waals surface area contributed by atoms with Crippen LogP contribution in [0.2, 0.25) is 0 Å². The van der Waals surface area contributed by atoms with Gasteiger partial charge in [-0.1, -0.05) is 30.0 Å². The van der Waals surface area contributed by atoms with Crippen LogP contribution in [0.4, 0.5) is 5.69 Å². The maximum absolute atomic E-state index is 12.8. The number of fused-ring (bicyclic) bond motifs is 1. The molecule has 29 heavy (non-hydrogen) atoms. The number of aromatic nitrogens is 4. The van der Waals surface area contributed by atoms with E-state index in [4.69, 9.17) is 0 Å². The van der Waals surface area contributed by atoms with Gasteiger partial charge >= 0.3 is 0 Å². The van der Waals surface area contributed by atoms with Gasteiger partial charge in [-0.05, 0) is 40.8 Å². The predicted octanol–water partition coefficient (Wildman–Crippen LogP) is 1.51. The zero-order valence-corrected chi connectivity index (χ0v) is 16.6. The fourth-order valence-corrected chi connectivity index (χ4v) is 5.45. The van der Waals surface area contributed by atoms with Crippen LogP contribution in [0.5, 0.6) is 0 Å². The molecule has 0 aliphatic carbocycles. The second kappa shape index (κ2) is 7.29. The van der Waals surface area contributed by atoms with Crippen LogP contribution < -0.4 is 5.32 Å². The Morgan fingerprint density at radius 2 is 1.93 bits per heavy atom. The van der Waals surface area contributed by atoms with Gasteiger partial charge in [-0.3, -0.25) is 9.59 Å². The van der Waals surface area contributed by atoms with E-state index in [0.29, 0.717) is 16.5 Å². The van der Waals surface area contributed by atoms with Crippen LogP contribution in [0.1, 0.15) is 17.3 Å². The van der Waals surface area contributed by atoms with E-state index in [1.807, 2.05) is 18.2 Å². The molecule has 2 amide bonds. The maximum Gasteiger partial charge on any atom is 0.269 e. The average molecular weight is 430 g/mol. The Labute approximate surface area is 169 Å². The average Bonchev–Trinajstić information content (AvgIpc) is 3.22. The number of tetrazole rings is 1. The van der Waals surface area contributed by atoms with E-state index in [2.05, 4.69) is 20.8 Å². The first kappa shape index (κ1) is 19.1. The minimum Gasteiger partial charge on any atom is -0.326 e. The molecule has 2 aromatic carbocycles. The molecular weight excluding hydrogens is 416 g/mol. The molecule has 4 rings (SSSR count). The Morgan fingerprint density at radius 1 is 1.17 bits per heavy atom. The van der Waals surface area contributed by atoms with Crippen LogP contribution in [0.3, 0.4) is 0 Å². The lowest BCUT2D eigenvalue weighted by Gasteiger charge is -2.14. The highest BCUT2D eigenvalue weighted by atomic mass is 32.2. The minimum atomic E-state index is -4.00. The molecule has 0 radical (unpaired) electrons. The third kappa shape index (κ3) is 3.47. The molecule has 1 aliphatic heterocycles. The molecule has 0 saturated carbocycles. The SMILES string of the molecule is CC(=O)Nc1ccc2c(c1)C(=O)N(CSc1nnnn1-c1ccccc1)S2(=O)=O. The molecule has 2 heterocycles. The molecule has 0 atom stereocenters. The van der Waals surface area contributed by atoms with Crippen molar-refractivity contribution in [3.8, 4) is 5.69 Å². The lowest BCUT2D eigenvalue weighted by atomic mass is 10.2. The Balaban J connectivity index is 1.58. The van der Waals surface area contributed by atoms with Gasteiger partial charge < -0.3 is 5.32 Å². The molecule has 0 unspecified atom stereocenters. The lowest BCUT2D eigenvalue weighted by molar-refractivity contribution is -0.114. The van der Waals surface area contributed by atoms with Crippen molar-refractivity contribution in [3.63, 3.8) is 0 Å². The summed E-state index contributed by atoms with van der Waals surface area (Å²) in [6.07, 6.45) is 0. The second-order valence-electron chi connectivity index (χ2n) is 6.03. The van der Waals surface area contributed by atoms with Gasteiger partial charge in [-0.25, -0.2) is 12.7 Å². The van der Waals surface area contributed by atoms with E-state index >= 15 is 0 Å². The third-order valence-electron chi connectivity index (χ3n) is 4.08. The molecule has 1 N–H and O–H groups in total. The van der Waals surface area contributed by atoms with Crippen LogP contribution in [0, 0.1) is 0 Å². The number of nitrogens with zero attached hydrogens (tertiary/aromatic N) is 5. The predicted molar refractivity (Wildman–Crippen MR) is 104 cm³/mol. The summed E-state index contributed by atoms with van der Waals surface area (Å²) in [6.45, 7) is 1.33. The summed E-state index contributed by atoms with van der Waals surface area (Å²) in [6, 6.07) is 13.2. The van der Waals surface area contributed by atoms with Crippen molar-refractivity contribution >= 4 is 39.3 Å². The Bertz CT molecular complexity index is 1210. The van der Waals surface area contributed by atoms with Gasteiger partial charge in [-0.2, -0.15) is 4.68 Å². The Hall–Kier alpha value is -3.25. The van der Waals surface area contributed by atoms with Gasteiger partial charge in [-0.15, -0.1) is 5.10 Å². The number of para-hydroxylation sites is 1. The van der Waals surface area contributed by atoms with Crippen LogP contribution in [-0.4, -0.2) is 50.6 Å². The van der Waals surface area contributed by atoms with Gasteiger partial charge in [0, 0.05) is 12.6 Å². The van der Waals surface area contributed by atoms with Crippen molar-refractivity contribution in [1.29, 1.82) is 0 Å². The van der Waals surface area contributed by atoms with E-state index in [9.17, 15) is 18.0 Å². The summed E-state index contributed by atoms with van der Waals surface area (Å²) in [5, 5.41) is 14.3. The molecule has 148 valence electrons. The normalized spacial score (nSPS) is 14.7. The van der Waals surface area contributed by atoms with Crippen LogP contribution in [0.25, 0.3) is 5.69 Å². The number of thioether (sulfide) groups is 1. The highest BCUT2D eigenvalue weighted by molar-refractivity contribution is 8.00. The largest absolute Gasteiger partial charge is 0.326 e. The van der Waals surface area contributed by atoms with Crippen LogP contribution >= 0.6 is 11.8 Å². The zero-order chi connectivity index (χ0) is 20.6. The second-order valence-corrected chi connectivity index (χ2v) is 8.78. The smallest absolute Gasteiger partial charge is 0.269 e. The number of rotatable bonds is 5. The first-order chi connectivity index (χ1) is 13.9. The monoisotopic (exact) mass is 430 g/mol. The van der Waals surface area contributed by atoms with Crippen molar-refractivity contribution in [1.82, 2.24) is 24.5 Å². The highest BCUT2D eigenvalue weighted by Crippen LogP contribution is 2.34. The quantitative estimate of drug-likeness (QED) is 0.604. The summed E-state index contributed by atoms with van der Waals surface area (Å²) < 4.78 is 27.8. The fourth-order valence-electron chi connectivity index (χ4n) is 2.81. The van der Waals surface area contributed by atoms with Crippen molar-refractivity contribution < 1.29 is 18.0 Å². The fraction of sp³-hybridized carbons (Fsp3) is 0.118. The van der Waals surface area contributed by atoms with Gasteiger partial charge in [0.15, 0.2) is 0 Å². The molecule has 0 bridgehead atoms. The number of hydrogen-bond donors (Lipinski definition) is 1. The molecule has 10 nitrogen and oxygen atoms in total. The van der Waals surface area contributed by atoms with Crippen molar-refractivity contribution in [2.75, 3.05) is 11.2 Å². The summed E-state index contributed by atoms with van der Waals surface area (Å²) in [5.74, 6) is -1.18. The molecule has 0 saturated heterocycles. The summed E-state index contributed by atoms with van der Waals surface area (Å²) in [4.78, 5) is 23.8. The standard InChI is InChI=1S/C17H14N6O4S2/c1-11(24)18-12-7-8-15-14(9-12)16(25)22(29(15,26)27)10-28-17-19-20-21-23(17)13-5-3-2-4-6-13/h2-9H,10H2,1H3,(H,18,24). The van der Waals surface area contributed by atoms with Crippen molar-refractivity contribution in [3.05, 3.63) is 54.1 Å². The lowest BCUT2D eigenvalue weighted by Crippen LogP contribution is -2.29. The van der Waals surface area contributed by atoms with E-state index in [1.54, 1.807) is 12.1 Å². The highest BCUT2D eigenvalue weighted by Gasteiger charge is 2.41. The number of nitrogens with one attached hydrogen (secondary N) is 1. The molecular formula is C17H14N6O4S2. The summed E-state index contributed by atoms with van der Waals surface area (Å²) in [7, 11) is -4.00. The summed E-state index contributed by atoms with van der Waals surface area (Å²) in [5.41, 5.74) is 1.07. The van der Waals surface area contributed by atoms with Crippen LogP contribution in [0.15, 0.2) is 58.6 Å². The van der Waals surface area contributed by atoms with Gasteiger partial charge in [0.05, 0.1) is 17.1 Å². The Morgan fingerprint density at radius 3 is 2.66 bits per heavy atom. The first-order valence-electron chi connectivity index (χ1n) is 8.33. The van der Waals surface area contributed by atoms with E-state index in [1.165, 1.54) is 29.8 Å². The molecule has 1 aromatic heterocycles. The van der Waals surface area contributed by atoms with E-state index in [0.717, 1.165) is 16.1 Å². The number of sulfonamides is 1. The topological polar surface area (TPSA) is 127 Å². The van der Waals surface area contributed by atoms with Gasteiger partial charge in [0.2, 0.25) is 11.1 Å². The number of hydrogen-bond acceptors (Lipinski definition) is 8. The number of benzene rings is 2. The number of amides is 2. The zero-order valence-electron chi connectivity index (χ0n) is 15.0. The molecule has 0 spiro atoms. The number of anilines is 1. The van der Waals surface area contributed by atoms with E-state index in [-0.39, 0.29) is 22.2 Å². The molecule has 0 fully saturated rings. The summed E-state index contributed by atoms with van der Waals surface area (Å²) >= 11 is 1.02. The van der Waals surface area contributed by atoms with E-state index < -0.39 is 15.9 Å². The number of carbonyl (C=O) groups excluding carboxylic acids is 2. The molecule has 1 aliphatic rings. The maximum atomic E-state index is 12.8. The van der Waals surface area contributed by atoms with Crippen molar-refractivity contribution in [2.45, 2.75) is 17.0 Å².